The minimum Gasteiger partial charge on any atom is -0.493 e. The van der Waals surface area contributed by atoms with E-state index in [4.69, 9.17) is 14.5 Å². The van der Waals surface area contributed by atoms with Gasteiger partial charge in [-0.05, 0) is 68.7 Å². The molecule has 0 spiro atoms. The van der Waals surface area contributed by atoms with Gasteiger partial charge in [0.05, 0.1) is 17.6 Å². The lowest BCUT2D eigenvalue weighted by atomic mass is 10.1. The molecule has 4 rings (SSSR count). The zero-order valence-electron chi connectivity index (χ0n) is 17.9. The van der Waals surface area contributed by atoms with Crippen LogP contribution < -0.4 is 9.47 Å². The van der Waals surface area contributed by atoms with Crippen molar-refractivity contribution in [3.8, 4) is 11.5 Å². The molecule has 0 amide bonds. The van der Waals surface area contributed by atoms with Gasteiger partial charge in [0.1, 0.15) is 23.9 Å². The summed E-state index contributed by atoms with van der Waals surface area (Å²) in [6, 6.07) is 22.5. The number of aryl methyl sites for hydroxylation is 3. The van der Waals surface area contributed by atoms with Crippen LogP contribution in [0.5, 0.6) is 11.5 Å². The van der Waals surface area contributed by atoms with Crippen LogP contribution in [0.15, 0.2) is 66.7 Å². The molecule has 3 aromatic carbocycles. The molecule has 4 nitrogen and oxygen atoms in total. The van der Waals surface area contributed by atoms with Crippen LogP contribution in [-0.2, 0) is 13.2 Å². The Bertz CT molecular complexity index is 1130. The van der Waals surface area contributed by atoms with Crippen molar-refractivity contribution in [1.82, 2.24) is 9.55 Å². The second kappa shape index (κ2) is 9.04. The first-order chi connectivity index (χ1) is 14.6. The molecular formula is C26H28N2O2. The summed E-state index contributed by atoms with van der Waals surface area (Å²) in [7, 11) is 0. The van der Waals surface area contributed by atoms with Crippen molar-refractivity contribution >= 4 is 11.0 Å². The minimum atomic E-state index is 0.440. The van der Waals surface area contributed by atoms with E-state index in [-0.39, 0.29) is 0 Å². The van der Waals surface area contributed by atoms with Crippen LogP contribution in [-0.4, -0.2) is 16.2 Å². The summed E-state index contributed by atoms with van der Waals surface area (Å²) in [4.78, 5) is 4.81. The molecule has 0 bridgehead atoms. The van der Waals surface area contributed by atoms with Crippen LogP contribution in [0.3, 0.4) is 0 Å². The quantitative estimate of drug-likeness (QED) is 0.340. The Labute approximate surface area is 178 Å². The molecule has 0 aliphatic rings. The molecule has 0 saturated carbocycles. The standard InChI is InChI=1S/C26H28N2O2/c1-19-12-14-22(15-13-19)30-18-26-27-23-9-4-5-10-24(23)28(26)16-7-17-29-25-11-6-8-20(2)21(25)3/h4-6,8-15H,7,16-18H2,1-3H3. The van der Waals surface area contributed by atoms with Crippen molar-refractivity contribution in [3.63, 3.8) is 0 Å². The van der Waals surface area contributed by atoms with Gasteiger partial charge in [0.2, 0.25) is 0 Å². The number of hydrogen-bond donors (Lipinski definition) is 0. The number of aromatic nitrogens is 2. The predicted molar refractivity (Wildman–Crippen MR) is 121 cm³/mol. The number of imidazole rings is 1. The third kappa shape index (κ3) is 4.48. The molecule has 0 aliphatic carbocycles. The molecule has 30 heavy (non-hydrogen) atoms. The topological polar surface area (TPSA) is 36.3 Å². The van der Waals surface area contributed by atoms with Crippen molar-refractivity contribution in [2.24, 2.45) is 0 Å². The van der Waals surface area contributed by atoms with Gasteiger partial charge in [0, 0.05) is 6.54 Å². The minimum absolute atomic E-state index is 0.440. The van der Waals surface area contributed by atoms with E-state index in [0.29, 0.717) is 13.2 Å². The fourth-order valence-electron chi connectivity index (χ4n) is 3.55. The fraction of sp³-hybridized carbons (Fsp3) is 0.269. The molecule has 0 fully saturated rings. The summed E-state index contributed by atoms with van der Waals surface area (Å²) in [5.41, 5.74) is 5.81. The van der Waals surface area contributed by atoms with Gasteiger partial charge in [0.25, 0.3) is 0 Å². The fourth-order valence-corrected chi connectivity index (χ4v) is 3.55. The van der Waals surface area contributed by atoms with E-state index >= 15 is 0 Å². The van der Waals surface area contributed by atoms with Crippen molar-refractivity contribution < 1.29 is 9.47 Å². The monoisotopic (exact) mass is 400 g/mol. The second-order valence-corrected chi connectivity index (χ2v) is 7.67. The number of ether oxygens (including phenoxy) is 2. The number of para-hydroxylation sites is 2. The van der Waals surface area contributed by atoms with E-state index in [1.807, 2.05) is 36.4 Å². The molecule has 4 aromatic rings. The van der Waals surface area contributed by atoms with Crippen LogP contribution in [0.25, 0.3) is 11.0 Å². The lowest BCUT2D eigenvalue weighted by Crippen LogP contribution is -2.10. The van der Waals surface area contributed by atoms with Gasteiger partial charge >= 0.3 is 0 Å². The largest absolute Gasteiger partial charge is 0.493 e. The van der Waals surface area contributed by atoms with E-state index in [9.17, 15) is 0 Å². The maximum atomic E-state index is 6.04. The van der Waals surface area contributed by atoms with Crippen LogP contribution >= 0.6 is 0 Å². The van der Waals surface area contributed by atoms with E-state index < -0.39 is 0 Å². The molecule has 0 aliphatic heterocycles. The van der Waals surface area contributed by atoms with Crippen molar-refractivity contribution in [3.05, 3.63) is 89.2 Å². The van der Waals surface area contributed by atoms with Crippen molar-refractivity contribution in [1.29, 1.82) is 0 Å². The van der Waals surface area contributed by atoms with Crippen molar-refractivity contribution in [2.75, 3.05) is 6.61 Å². The smallest absolute Gasteiger partial charge is 0.147 e. The van der Waals surface area contributed by atoms with Gasteiger partial charge in [-0.3, -0.25) is 0 Å². The molecular weight excluding hydrogens is 372 g/mol. The van der Waals surface area contributed by atoms with E-state index in [2.05, 4.69) is 55.7 Å². The Morgan fingerprint density at radius 3 is 2.47 bits per heavy atom. The summed E-state index contributed by atoms with van der Waals surface area (Å²) in [6.45, 7) is 8.22. The zero-order chi connectivity index (χ0) is 20.9. The lowest BCUT2D eigenvalue weighted by molar-refractivity contribution is 0.279. The SMILES string of the molecule is Cc1ccc(OCc2nc3ccccc3n2CCCOc2cccc(C)c2C)cc1. The van der Waals surface area contributed by atoms with Gasteiger partial charge in [-0.2, -0.15) is 0 Å². The first-order valence-electron chi connectivity index (χ1n) is 10.4. The van der Waals surface area contributed by atoms with Gasteiger partial charge in [-0.1, -0.05) is 42.0 Å². The number of nitrogens with zero attached hydrogens (tertiary/aromatic N) is 2. The lowest BCUT2D eigenvalue weighted by Gasteiger charge is -2.13. The molecule has 4 heteroatoms. The average Bonchev–Trinajstić information content (AvgIpc) is 3.11. The molecule has 0 atom stereocenters. The predicted octanol–water partition coefficient (Wildman–Crippen LogP) is 6.01. The number of rotatable bonds is 8. The second-order valence-electron chi connectivity index (χ2n) is 7.67. The maximum Gasteiger partial charge on any atom is 0.147 e. The summed E-state index contributed by atoms with van der Waals surface area (Å²) < 4.78 is 14.3. The Kier molecular flexibility index (Phi) is 6.03. The Balaban J connectivity index is 1.44. The molecule has 154 valence electrons. The first-order valence-corrected chi connectivity index (χ1v) is 10.4. The Morgan fingerprint density at radius 2 is 1.63 bits per heavy atom. The zero-order valence-corrected chi connectivity index (χ0v) is 17.9. The third-order valence-corrected chi connectivity index (χ3v) is 5.46. The molecule has 0 radical (unpaired) electrons. The molecule has 0 unspecified atom stereocenters. The van der Waals surface area contributed by atoms with E-state index in [1.54, 1.807) is 0 Å². The summed E-state index contributed by atoms with van der Waals surface area (Å²) in [6.07, 6.45) is 0.894. The van der Waals surface area contributed by atoms with Gasteiger partial charge in [-0.15, -0.1) is 0 Å². The summed E-state index contributed by atoms with van der Waals surface area (Å²) in [5.74, 6) is 2.76. The summed E-state index contributed by atoms with van der Waals surface area (Å²) >= 11 is 0. The van der Waals surface area contributed by atoms with Gasteiger partial charge < -0.3 is 14.0 Å². The first kappa shape index (κ1) is 20.0. The molecule has 0 saturated heterocycles. The Morgan fingerprint density at radius 1 is 0.833 bits per heavy atom. The summed E-state index contributed by atoms with van der Waals surface area (Å²) in [5, 5.41) is 0. The van der Waals surface area contributed by atoms with Crippen molar-refractivity contribution in [2.45, 2.75) is 40.3 Å². The van der Waals surface area contributed by atoms with Crippen LogP contribution in [0, 0.1) is 20.8 Å². The molecule has 0 N–H and O–H groups in total. The number of fused-ring (bicyclic) bond motifs is 1. The van der Waals surface area contributed by atoms with Gasteiger partial charge in [-0.25, -0.2) is 4.98 Å². The number of hydrogen-bond acceptors (Lipinski definition) is 3. The molecule has 1 heterocycles. The highest BCUT2D eigenvalue weighted by molar-refractivity contribution is 5.75. The highest BCUT2D eigenvalue weighted by Crippen LogP contribution is 2.22. The van der Waals surface area contributed by atoms with E-state index in [1.165, 1.54) is 16.7 Å². The number of benzene rings is 3. The molecule has 1 aromatic heterocycles. The normalized spacial score (nSPS) is 11.0. The van der Waals surface area contributed by atoms with Crippen LogP contribution in [0.1, 0.15) is 28.9 Å². The van der Waals surface area contributed by atoms with E-state index in [0.717, 1.165) is 41.3 Å². The van der Waals surface area contributed by atoms with Gasteiger partial charge in [0.15, 0.2) is 0 Å². The van der Waals surface area contributed by atoms with Crippen LogP contribution in [0.2, 0.25) is 0 Å². The highest BCUT2D eigenvalue weighted by Gasteiger charge is 2.11. The average molecular weight is 401 g/mol. The van der Waals surface area contributed by atoms with Crippen LogP contribution in [0.4, 0.5) is 0 Å². The Hall–Kier alpha value is -3.27. The third-order valence-electron chi connectivity index (χ3n) is 5.46. The maximum absolute atomic E-state index is 6.04. The highest BCUT2D eigenvalue weighted by atomic mass is 16.5.